The number of allylic oxidation sites excluding steroid dienone is 1. The van der Waals surface area contributed by atoms with E-state index in [0.29, 0.717) is 17.8 Å². The second-order valence-electron chi connectivity index (χ2n) is 9.69. The van der Waals surface area contributed by atoms with Gasteiger partial charge in [0.1, 0.15) is 5.60 Å². The Morgan fingerprint density at radius 1 is 1.20 bits per heavy atom. The summed E-state index contributed by atoms with van der Waals surface area (Å²) in [6.45, 7) is 10.2. The Labute approximate surface area is 151 Å². The van der Waals surface area contributed by atoms with Gasteiger partial charge in [0, 0.05) is 5.41 Å². The van der Waals surface area contributed by atoms with Crippen molar-refractivity contribution in [3.8, 4) is 0 Å². The zero-order valence-corrected chi connectivity index (χ0v) is 15.8. The van der Waals surface area contributed by atoms with Crippen LogP contribution in [0.5, 0.6) is 0 Å². The first-order chi connectivity index (χ1) is 11.6. The van der Waals surface area contributed by atoms with Crippen LogP contribution in [0.1, 0.15) is 65.7 Å². The Bertz CT molecular complexity index is 664. The minimum atomic E-state index is -1.35. The van der Waals surface area contributed by atoms with Crippen LogP contribution in [-0.2, 0) is 4.79 Å². The molecule has 3 heteroatoms. The van der Waals surface area contributed by atoms with E-state index in [-0.39, 0.29) is 22.7 Å². The maximum atomic E-state index is 12.4. The molecule has 7 atom stereocenters. The first-order valence-electron chi connectivity index (χ1n) is 9.94. The molecule has 0 spiro atoms. The number of ketones is 1. The van der Waals surface area contributed by atoms with E-state index in [4.69, 9.17) is 0 Å². The number of aliphatic hydroxyl groups is 2. The third kappa shape index (κ3) is 2.03. The maximum Gasteiger partial charge on any atom is 0.166 e. The molecule has 4 aliphatic rings. The number of aliphatic hydroxyl groups excluding tert-OH is 1. The lowest BCUT2D eigenvalue weighted by molar-refractivity contribution is -0.153. The summed E-state index contributed by atoms with van der Waals surface area (Å²) in [5.41, 5.74) is 0.632. The van der Waals surface area contributed by atoms with Gasteiger partial charge in [-0.15, -0.1) is 0 Å². The van der Waals surface area contributed by atoms with Gasteiger partial charge in [0.15, 0.2) is 5.78 Å². The van der Waals surface area contributed by atoms with E-state index in [1.807, 2.05) is 0 Å². The zero-order chi connectivity index (χ0) is 18.2. The van der Waals surface area contributed by atoms with Gasteiger partial charge < -0.3 is 10.2 Å². The molecule has 6 unspecified atom stereocenters. The highest BCUT2D eigenvalue weighted by Gasteiger charge is 2.66. The molecule has 0 aromatic heterocycles. The van der Waals surface area contributed by atoms with Crippen LogP contribution in [0.15, 0.2) is 23.8 Å². The summed E-state index contributed by atoms with van der Waals surface area (Å²) in [5, 5.41) is 21.4. The third-order valence-electron chi connectivity index (χ3n) is 8.78. The van der Waals surface area contributed by atoms with Gasteiger partial charge in [-0.1, -0.05) is 32.1 Å². The van der Waals surface area contributed by atoms with Crippen LogP contribution in [0.25, 0.3) is 0 Å². The first kappa shape index (κ1) is 17.5. The average Bonchev–Trinajstić information content (AvgIpc) is 2.77. The third-order valence-corrected chi connectivity index (χ3v) is 8.78. The fourth-order valence-corrected chi connectivity index (χ4v) is 7.26. The lowest BCUT2D eigenvalue weighted by Crippen LogP contribution is -2.57. The highest BCUT2D eigenvalue weighted by Crippen LogP contribution is 2.68. The summed E-state index contributed by atoms with van der Waals surface area (Å²) >= 11 is 0. The molecule has 0 saturated heterocycles. The lowest BCUT2D eigenvalue weighted by atomic mass is 9.46. The Morgan fingerprint density at radius 3 is 2.60 bits per heavy atom. The summed E-state index contributed by atoms with van der Waals surface area (Å²) in [6.07, 6.45) is 8.71. The summed E-state index contributed by atoms with van der Waals surface area (Å²) < 4.78 is 0. The van der Waals surface area contributed by atoms with E-state index in [9.17, 15) is 15.0 Å². The van der Waals surface area contributed by atoms with E-state index < -0.39 is 5.60 Å². The standard InChI is InChI=1S/C22H32O3/c1-13-11-19-17-6-5-15-12-16(24)7-9-20(15,3)18(17)8-10-21(19,4)22(13,25)14(2)23/h5,16-19,24-25H,1,6-12H2,2-4H3/t16?,17?,18?,19?,20?,21?,22-/m0/s1. The number of carbonyl (C=O) groups excluding carboxylic acids is 1. The largest absolute Gasteiger partial charge is 0.393 e. The smallest absolute Gasteiger partial charge is 0.166 e. The number of carbonyl (C=O) groups is 1. The Kier molecular flexibility index (Phi) is 3.70. The molecule has 0 aliphatic heterocycles. The van der Waals surface area contributed by atoms with Gasteiger partial charge in [0.05, 0.1) is 6.10 Å². The molecule has 3 nitrogen and oxygen atoms in total. The monoisotopic (exact) mass is 344 g/mol. The van der Waals surface area contributed by atoms with Gasteiger partial charge >= 0.3 is 0 Å². The summed E-state index contributed by atoms with van der Waals surface area (Å²) in [6, 6.07) is 0. The van der Waals surface area contributed by atoms with E-state index >= 15 is 0 Å². The van der Waals surface area contributed by atoms with E-state index in [1.165, 1.54) is 12.5 Å². The van der Waals surface area contributed by atoms with Crippen LogP contribution in [0.2, 0.25) is 0 Å². The summed E-state index contributed by atoms with van der Waals surface area (Å²) in [5.74, 6) is 1.29. The topological polar surface area (TPSA) is 57.5 Å². The lowest BCUT2D eigenvalue weighted by Gasteiger charge is -2.58. The van der Waals surface area contributed by atoms with Crippen molar-refractivity contribution >= 4 is 5.78 Å². The maximum absolute atomic E-state index is 12.4. The highest BCUT2D eigenvalue weighted by atomic mass is 16.3. The predicted molar refractivity (Wildman–Crippen MR) is 97.9 cm³/mol. The molecular weight excluding hydrogens is 312 g/mol. The molecule has 0 aromatic rings. The van der Waals surface area contributed by atoms with Crippen LogP contribution >= 0.6 is 0 Å². The normalized spacial score (nSPS) is 52.0. The zero-order valence-electron chi connectivity index (χ0n) is 15.8. The number of Topliss-reactive ketones (excluding diaryl/α,β-unsaturated/α-hetero) is 1. The van der Waals surface area contributed by atoms with Gasteiger partial charge in [-0.05, 0) is 80.6 Å². The number of hydrogen-bond donors (Lipinski definition) is 2. The SMILES string of the molecule is C=C1CC2C3CC=C4CC(O)CCC4(C)C3CCC2(C)[C@@]1(O)C(C)=O. The van der Waals surface area contributed by atoms with Crippen LogP contribution in [0.3, 0.4) is 0 Å². The van der Waals surface area contributed by atoms with Crippen molar-refractivity contribution in [3.63, 3.8) is 0 Å². The van der Waals surface area contributed by atoms with Gasteiger partial charge in [-0.25, -0.2) is 0 Å². The van der Waals surface area contributed by atoms with Gasteiger partial charge in [-0.3, -0.25) is 4.79 Å². The summed E-state index contributed by atoms with van der Waals surface area (Å²) in [4.78, 5) is 12.4. The molecular formula is C22H32O3. The fraction of sp³-hybridized carbons (Fsp3) is 0.773. The quantitative estimate of drug-likeness (QED) is 0.712. The minimum Gasteiger partial charge on any atom is -0.393 e. The van der Waals surface area contributed by atoms with Crippen LogP contribution in [0, 0.1) is 28.6 Å². The second-order valence-corrected chi connectivity index (χ2v) is 9.69. The number of hydrogen-bond acceptors (Lipinski definition) is 3. The molecule has 0 amide bonds. The van der Waals surface area contributed by atoms with E-state index in [2.05, 4.69) is 26.5 Å². The number of fused-ring (bicyclic) bond motifs is 5. The molecule has 4 rings (SSSR count). The Balaban J connectivity index is 1.73. The Morgan fingerprint density at radius 2 is 1.92 bits per heavy atom. The fourth-order valence-electron chi connectivity index (χ4n) is 7.26. The molecule has 0 radical (unpaired) electrons. The predicted octanol–water partition coefficient (Wildman–Crippen LogP) is 3.80. The average molecular weight is 344 g/mol. The molecule has 3 saturated carbocycles. The van der Waals surface area contributed by atoms with E-state index in [1.54, 1.807) is 0 Å². The van der Waals surface area contributed by atoms with Gasteiger partial charge in [0.2, 0.25) is 0 Å². The molecule has 3 fully saturated rings. The first-order valence-corrected chi connectivity index (χ1v) is 9.94. The molecule has 0 aromatic carbocycles. The van der Waals surface area contributed by atoms with Gasteiger partial charge in [-0.2, -0.15) is 0 Å². The highest BCUT2D eigenvalue weighted by molar-refractivity contribution is 5.90. The van der Waals surface area contributed by atoms with Crippen molar-refractivity contribution in [3.05, 3.63) is 23.8 Å². The number of rotatable bonds is 1. The van der Waals surface area contributed by atoms with Gasteiger partial charge in [0.25, 0.3) is 0 Å². The van der Waals surface area contributed by atoms with Crippen LogP contribution in [0.4, 0.5) is 0 Å². The molecule has 0 heterocycles. The summed E-state index contributed by atoms with van der Waals surface area (Å²) in [7, 11) is 0. The molecule has 25 heavy (non-hydrogen) atoms. The second kappa shape index (κ2) is 5.29. The van der Waals surface area contributed by atoms with Crippen molar-refractivity contribution in [2.24, 2.45) is 28.6 Å². The van der Waals surface area contributed by atoms with Crippen LogP contribution < -0.4 is 0 Å². The van der Waals surface area contributed by atoms with Crippen molar-refractivity contribution in [2.75, 3.05) is 0 Å². The minimum absolute atomic E-state index is 0.139. The molecule has 0 bridgehead atoms. The van der Waals surface area contributed by atoms with Crippen molar-refractivity contribution in [2.45, 2.75) is 77.4 Å². The molecule has 4 aliphatic carbocycles. The van der Waals surface area contributed by atoms with E-state index in [0.717, 1.165) is 50.5 Å². The van der Waals surface area contributed by atoms with Crippen LogP contribution in [-0.4, -0.2) is 27.7 Å². The molecule has 2 N–H and O–H groups in total. The van der Waals surface area contributed by atoms with Crippen molar-refractivity contribution < 1.29 is 15.0 Å². The van der Waals surface area contributed by atoms with Crippen molar-refractivity contribution in [1.82, 2.24) is 0 Å². The Hall–Kier alpha value is -0.930. The van der Waals surface area contributed by atoms with Crippen molar-refractivity contribution in [1.29, 1.82) is 0 Å². The molecule has 138 valence electrons.